The number of halogens is 2. The summed E-state index contributed by atoms with van der Waals surface area (Å²) in [5, 5.41) is 15.5. The number of aliphatic hydroxyl groups is 1. The van der Waals surface area contributed by atoms with Crippen molar-refractivity contribution in [2.45, 2.75) is 38.8 Å². The van der Waals surface area contributed by atoms with Crippen molar-refractivity contribution in [3.63, 3.8) is 0 Å². The van der Waals surface area contributed by atoms with Gasteiger partial charge in [0.05, 0.1) is 0 Å². The molecule has 0 saturated carbocycles. The van der Waals surface area contributed by atoms with Gasteiger partial charge in [0.2, 0.25) is 5.91 Å². The highest BCUT2D eigenvalue weighted by Crippen LogP contribution is 2.19. The molecule has 0 aliphatic carbocycles. The van der Waals surface area contributed by atoms with E-state index in [-0.39, 0.29) is 5.56 Å². The SMILES string of the molecule is CCC[C@H](NC(=O)[C@H](O)c1cc(F)cc(F)c1)C(=O)Nc1ncc(C)s1. The zero-order chi connectivity index (χ0) is 19.3. The van der Waals surface area contributed by atoms with E-state index in [0.717, 1.165) is 17.0 Å². The first-order valence-corrected chi connectivity index (χ1v) is 8.79. The highest BCUT2D eigenvalue weighted by Gasteiger charge is 2.26. The average Bonchev–Trinajstić information content (AvgIpc) is 2.97. The lowest BCUT2D eigenvalue weighted by molar-refractivity contribution is -0.133. The number of aryl methyl sites for hydroxylation is 1. The van der Waals surface area contributed by atoms with E-state index in [9.17, 15) is 23.5 Å². The van der Waals surface area contributed by atoms with Crippen molar-refractivity contribution in [3.8, 4) is 0 Å². The Morgan fingerprint density at radius 3 is 2.42 bits per heavy atom. The second kappa shape index (κ2) is 8.81. The molecule has 3 N–H and O–H groups in total. The van der Waals surface area contributed by atoms with Gasteiger partial charge in [0, 0.05) is 17.1 Å². The lowest BCUT2D eigenvalue weighted by Gasteiger charge is -2.19. The van der Waals surface area contributed by atoms with Crippen LogP contribution in [0.25, 0.3) is 0 Å². The molecule has 0 aliphatic rings. The first-order valence-electron chi connectivity index (χ1n) is 7.98. The van der Waals surface area contributed by atoms with E-state index >= 15 is 0 Å². The van der Waals surface area contributed by atoms with Crippen LogP contribution in [0, 0.1) is 18.6 Å². The summed E-state index contributed by atoms with van der Waals surface area (Å²) in [5.74, 6) is -3.21. The van der Waals surface area contributed by atoms with Crippen molar-refractivity contribution in [3.05, 3.63) is 46.5 Å². The van der Waals surface area contributed by atoms with Gasteiger partial charge in [-0.2, -0.15) is 0 Å². The molecule has 0 aliphatic heterocycles. The predicted octanol–water partition coefficient (Wildman–Crippen LogP) is 2.69. The molecule has 26 heavy (non-hydrogen) atoms. The second-order valence-electron chi connectivity index (χ2n) is 5.72. The van der Waals surface area contributed by atoms with Crippen LogP contribution in [0.1, 0.15) is 36.3 Å². The van der Waals surface area contributed by atoms with Crippen LogP contribution in [0.4, 0.5) is 13.9 Å². The van der Waals surface area contributed by atoms with Gasteiger partial charge >= 0.3 is 0 Å². The Morgan fingerprint density at radius 2 is 1.88 bits per heavy atom. The summed E-state index contributed by atoms with van der Waals surface area (Å²) in [6.07, 6.45) is 0.733. The number of benzene rings is 1. The Kier molecular flexibility index (Phi) is 6.76. The first-order chi connectivity index (χ1) is 12.3. The largest absolute Gasteiger partial charge is 0.378 e. The van der Waals surface area contributed by atoms with E-state index in [1.807, 2.05) is 13.8 Å². The first kappa shape index (κ1) is 19.9. The highest BCUT2D eigenvalue weighted by atomic mass is 32.1. The lowest BCUT2D eigenvalue weighted by Crippen LogP contribution is -2.45. The Balaban J connectivity index is 2.07. The third-order valence-electron chi connectivity index (χ3n) is 3.51. The number of aromatic nitrogens is 1. The van der Waals surface area contributed by atoms with Crippen molar-refractivity contribution >= 4 is 28.3 Å². The predicted molar refractivity (Wildman–Crippen MR) is 93.6 cm³/mol. The second-order valence-corrected chi connectivity index (χ2v) is 6.96. The molecule has 0 spiro atoms. The van der Waals surface area contributed by atoms with Crippen LogP contribution in [0.3, 0.4) is 0 Å². The molecule has 1 heterocycles. The number of nitrogens with one attached hydrogen (secondary N) is 2. The lowest BCUT2D eigenvalue weighted by atomic mass is 10.1. The van der Waals surface area contributed by atoms with Crippen LogP contribution in [0.2, 0.25) is 0 Å². The van der Waals surface area contributed by atoms with E-state index in [0.29, 0.717) is 24.0 Å². The quantitative estimate of drug-likeness (QED) is 0.686. The topological polar surface area (TPSA) is 91.3 Å². The minimum atomic E-state index is -1.80. The monoisotopic (exact) mass is 383 g/mol. The molecule has 1 aromatic carbocycles. The molecule has 2 aromatic rings. The summed E-state index contributed by atoms with van der Waals surface area (Å²) in [7, 11) is 0. The number of hydrogen-bond acceptors (Lipinski definition) is 5. The van der Waals surface area contributed by atoms with Gasteiger partial charge in [-0.3, -0.25) is 9.59 Å². The number of anilines is 1. The number of aliphatic hydroxyl groups excluding tert-OH is 1. The summed E-state index contributed by atoms with van der Waals surface area (Å²) >= 11 is 1.29. The standard InChI is InChI=1S/C17H19F2N3O3S/c1-3-4-13(15(24)22-17-20-8-9(2)26-17)21-16(25)14(23)10-5-11(18)7-12(19)6-10/h5-8,13-14,23H,3-4H2,1-2H3,(H,21,25)(H,20,22,24)/t13-,14+/m0/s1. The number of carbonyl (C=O) groups excluding carboxylic acids is 2. The van der Waals surface area contributed by atoms with E-state index in [1.54, 1.807) is 6.20 Å². The molecule has 0 fully saturated rings. The maximum atomic E-state index is 13.3. The average molecular weight is 383 g/mol. The zero-order valence-electron chi connectivity index (χ0n) is 14.3. The molecule has 0 radical (unpaired) electrons. The van der Waals surface area contributed by atoms with Crippen molar-refractivity contribution in [1.29, 1.82) is 0 Å². The Hall–Kier alpha value is -2.39. The maximum absolute atomic E-state index is 13.3. The number of thiazole rings is 1. The molecule has 0 saturated heterocycles. The van der Waals surface area contributed by atoms with Crippen LogP contribution >= 0.6 is 11.3 Å². The molecular weight excluding hydrogens is 364 g/mol. The molecule has 140 valence electrons. The summed E-state index contributed by atoms with van der Waals surface area (Å²) in [6, 6.07) is 1.45. The van der Waals surface area contributed by atoms with Gasteiger partial charge in [-0.05, 0) is 31.0 Å². The molecule has 2 atom stereocenters. The molecule has 0 bridgehead atoms. The van der Waals surface area contributed by atoms with Gasteiger partial charge in [0.15, 0.2) is 11.2 Å². The molecule has 0 unspecified atom stereocenters. The molecule has 1 aromatic heterocycles. The van der Waals surface area contributed by atoms with E-state index < -0.39 is 35.6 Å². The summed E-state index contributed by atoms with van der Waals surface area (Å²) in [6.45, 7) is 3.67. The molecule has 9 heteroatoms. The molecule has 2 rings (SSSR count). The van der Waals surface area contributed by atoms with Crippen LogP contribution in [-0.4, -0.2) is 27.9 Å². The van der Waals surface area contributed by atoms with Crippen molar-refractivity contribution in [2.75, 3.05) is 5.32 Å². The van der Waals surface area contributed by atoms with Crippen LogP contribution in [0.15, 0.2) is 24.4 Å². The van der Waals surface area contributed by atoms with Gasteiger partial charge < -0.3 is 15.7 Å². The fraction of sp³-hybridized carbons (Fsp3) is 0.353. The van der Waals surface area contributed by atoms with Crippen molar-refractivity contribution < 1.29 is 23.5 Å². The van der Waals surface area contributed by atoms with Crippen LogP contribution in [0.5, 0.6) is 0 Å². The molecule has 2 amide bonds. The van der Waals surface area contributed by atoms with Crippen molar-refractivity contribution in [2.24, 2.45) is 0 Å². The number of hydrogen-bond donors (Lipinski definition) is 3. The zero-order valence-corrected chi connectivity index (χ0v) is 15.1. The fourth-order valence-electron chi connectivity index (χ4n) is 2.30. The Bertz CT molecular complexity index is 777. The minimum Gasteiger partial charge on any atom is -0.378 e. The molecular formula is C17H19F2N3O3S. The van der Waals surface area contributed by atoms with Gasteiger partial charge in [0.1, 0.15) is 17.7 Å². The minimum absolute atomic E-state index is 0.230. The third-order valence-corrected chi connectivity index (χ3v) is 4.34. The number of nitrogens with zero attached hydrogens (tertiary/aromatic N) is 1. The summed E-state index contributed by atoms with van der Waals surface area (Å²) in [4.78, 5) is 29.5. The maximum Gasteiger partial charge on any atom is 0.254 e. The van der Waals surface area contributed by atoms with Crippen molar-refractivity contribution in [1.82, 2.24) is 10.3 Å². The van der Waals surface area contributed by atoms with Crippen LogP contribution < -0.4 is 10.6 Å². The van der Waals surface area contributed by atoms with Crippen LogP contribution in [-0.2, 0) is 9.59 Å². The van der Waals surface area contributed by atoms with Gasteiger partial charge in [-0.15, -0.1) is 11.3 Å². The summed E-state index contributed by atoms with van der Waals surface area (Å²) < 4.78 is 26.5. The van der Waals surface area contributed by atoms with E-state index in [2.05, 4.69) is 15.6 Å². The number of rotatable bonds is 7. The van der Waals surface area contributed by atoms with Gasteiger partial charge in [-0.25, -0.2) is 13.8 Å². The van der Waals surface area contributed by atoms with Gasteiger partial charge in [-0.1, -0.05) is 13.3 Å². The smallest absolute Gasteiger partial charge is 0.254 e. The summed E-state index contributed by atoms with van der Waals surface area (Å²) in [5.41, 5.74) is -0.230. The Labute approximate surface area is 153 Å². The third kappa shape index (κ3) is 5.30. The normalized spacial score (nSPS) is 13.1. The Morgan fingerprint density at radius 1 is 1.23 bits per heavy atom. The highest BCUT2D eigenvalue weighted by molar-refractivity contribution is 7.15. The van der Waals surface area contributed by atoms with E-state index in [1.165, 1.54) is 11.3 Å². The van der Waals surface area contributed by atoms with E-state index in [4.69, 9.17) is 0 Å². The van der Waals surface area contributed by atoms with Gasteiger partial charge in [0.25, 0.3) is 5.91 Å². The number of amides is 2. The molecule has 6 nitrogen and oxygen atoms in total. The number of carbonyl (C=O) groups is 2. The fourth-order valence-corrected chi connectivity index (χ4v) is 2.96.